The first-order valence-electron chi connectivity index (χ1n) is 4.49. The van der Waals surface area contributed by atoms with Gasteiger partial charge in [-0.05, 0) is 13.8 Å². The molecule has 0 amide bonds. The Bertz CT molecular complexity index is 328. The minimum atomic E-state index is -0.516. The second kappa shape index (κ2) is 5.45. The summed E-state index contributed by atoms with van der Waals surface area (Å²) in [5.41, 5.74) is 0. The second-order valence-corrected chi connectivity index (χ2v) is 3.50. The first-order chi connectivity index (χ1) is 7.19. The number of carbonyl (C=O) groups is 2. The van der Waals surface area contributed by atoms with E-state index in [1.807, 2.05) is 0 Å². The van der Waals surface area contributed by atoms with Crippen molar-refractivity contribution in [2.45, 2.75) is 13.8 Å². The Balaban J connectivity index is 2.71. The number of hydrogen-bond acceptors (Lipinski definition) is 6. The molecule has 0 spiro atoms. The van der Waals surface area contributed by atoms with Crippen LogP contribution in [0.2, 0.25) is 0 Å². The third-order valence-corrected chi connectivity index (χ3v) is 2.39. The van der Waals surface area contributed by atoms with Crippen LogP contribution in [0.25, 0.3) is 0 Å². The maximum Gasteiger partial charge on any atom is 0.367 e. The number of nitrogens with zero attached hydrogens (tertiary/aromatic N) is 1. The maximum atomic E-state index is 11.2. The number of aromatic nitrogens is 1. The zero-order valence-corrected chi connectivity index (χ0v) is 9.30. The molecular weight excluding hydrogens is 218 g/mol. The third-order valence-electron chi connectivity index (χ3n) is 1.43. The van der Waals surface area contributed by atoms with Crippen molar-refractivity contribution in [3.8, 4) is 0 Å². The van der Waals surface area contributed by atoms with Gasteiger partial charge in [-0.2, -0.15) is 0 Å². The van der Waals surface area contributed by atoms with Crippen LogP contribution in [0.4, 0.5) is 0 Å². The third kappa shape index (κ3) is 3.02. The first kappa shape index (κ1) is 11.6. The van der Waals surface area contributed by atoms with Crippen LogP contribution in [0.15, 0.2) is 6.20 Å². The molecule has 1 rings (SSSR count). The predicted octanol–water partition coefficient (Wildman–Crippen LogP) is 1.50. The van der Waals surface area contributed by atoms with Crippen LogP contribution in [0, 0.1) is 0 Å². The molecule has 0 bridgehead atoms. The quantitative estimate of drug-likeness (QED) is 0.732. The van der Waals surface area contributed by atoms with Gasteiger partial charge in [0.25, 0.3) is 0 Å². The van der Waals surface area contributed by atoms with Crippen molar-refractivity contribution in [1.82, 2.24) is 4.98 Å². The monoisotopic (exact) mass is 229 g/mol. The molecule has 5 nitrogen and oxygen atoms in total. The summed E-state index contributed by atoms with van der Waals surface area (Å²) in [5.74, 6) is -0.983. The fourth-order valence-corrected chi connectivity index (χ4v) is 1.56. The van der Waals surface area contributed by atoms with Gasteiger partial charge in [0.05, 0.1) is 19.4 Å². The minimum Gasteiger partial charge on any atom is -0.462 e. The van der Waals surface area contributed by atoms with Crippen molar-refractivity contribution in [1.29, 1.82) is 0 Å². The molecule has 1 heterocycles. The number of hydrogen-bond donors (Lipinski definition) is 0. The molecule has 82 valence electrons. The average molecular weight is 229 g/mol. The van der Waals surface area contributed by atoms with Crippen molar-refractivity contribution < 1.29 is 19.1 Å². The summed E-state index contributed by atoms with van der Waals surface area (Å²) < 4.78 is 9.50. The zero-order chi connectivity index (χ0) is 11.3. The molecule has 1 aromatic heterocycles. The average Bonchev–Trinajstić information content (AvgIpc) is 2.67. The van der Waals surface area contributed by atoms with Gasteiger partial charge in [0.2, 0.25) is 5.01 Å². The topological polar surface area (TPSA) is 65.5 Å². The first-order valence-corrected chi connectivity index (χ1v) is 5.30. The SMILES string of the molecule is CCOC(=O)c1cnc(C(=O)OCC)s1. The molecule has 0 aromatic carbocycles. The molecule has 0 fully saturated rings. The summed E-state index contributed by atoms with van der Waals surface area (Å²) in [6.45, 7) is 4.00. The van der Waals surface area contributed by atoms with Crippen LogP contribution in [0.1, 0.15) is 33.3 Å². The molecule has 0 aliphatic carbocycles. The molecule has 0 aliphatic rings. The van der Waals surface area contributed by atoms with Gasteiger partial charge in [0.15, 0.2) is 0 Å². The summed E-state index contributed by atoms with van der Waals surface area (Å²) >= 11 is 0.969. The molecule has 0 radical (unpaired) electrons. The minimum absolute atomic E-state index is 0.167. The van der Waals surface area contributed by atoms with Gasteiger partial charge in [0.1, 0.15) is 4.88 Å². The Morgan fingerprint density at radius 2 is 1.87 bits per heavy atom. The largest absolute Gasteiger partial charge is 0.462 e. The predicted molar refractivity (Wildman–Crippen MR) is 54.0 cm³/mol. The van der Waals surface area contributed by atoms with Crippen molar-refractivity contribution in [2.75, 3.05) is 13.2 Å². The van der Waals surface area contributed by atoms with E-state index < -0.39 is 11.9 Å². The van der Waals surface area contributed by atoms with Crippen LogP contribution in [0.5, 0.6) is 0 Å². The summed E-state index contributed by atoms with van der Waals surface area (Å²) in [6, 6.07) is 0. The number of thiazole rings is 1. The number of carbonyl (C=O) groups excluding carboxylic acids is 2. The van der Waals surface area contributed by atoms with Gasteiger partial charge in [0, 0.05) is 0 Å². The van der Waals surface area contributed by atoms with Gasteiger partial charge >= 0.3 is 11.9 Å². The fraction of sp³-hybridized carbons (Fsp3) is 0.444. The Morgan fingerprint density at radius 1 is 1.27 bits per heavy atom. The van der Waals surface area contributed by atoms with Crippen LogP contribution in [-0.2, 0) is 9.47 Å². The summed E-state index contributed by atoms with van der Waals surface area (Å²) in [7, 11) is 0. The van der Waals surface area contributed by atoms with Gasteiger partial charge in [-0.15, -0.1) is 11.3 Å². The van der Waals surface area contributed by atoms with E-state index in [0.29, 0.717) is 11.5 Å². The number of rotatable bonds is 4. The molecule has 0 atom stereocenters. The lowest BCUT2D eigenvalue weighted by Gasteiger charge is -1.96. The van der Waals surface area contributed by atoms with Crippen molar-refractivity contribution in [3.63, 3.8) is 0 Å². The lowest BCUT2D eigenvalue weighted by atomic mass is 10.5. The summed E-state index contributed by atoms with van der Waals surface area (Å²) in [5, 5.41) is 0.167. The van der Waals surface area contributed by atoms with E-state index in [9.17, 15) is 9.59 Å². The van der Waals surface area contributed by atoms with E-state index in [0.717, 1.165) is 11.3 Å². The summed E-state index contributed by atoms with van der Waals surface area (Å²) in [6.07, 6.45) is 1.31. The smallest absolute Gasteiger partial charge is 0.367 e. The molecule has 0 aliphatic heterocycles. The number of esters is 2. The fourth-order valence-electron chi connectivity index (χ4n) is 0.858. The lowest BCUT2D eigenvalue weighted by molar-refractivity contribution is 0.0519. The highest BCUT2D eigenvalue weighted by atomic mass is 32.1. The highest BCUT2D eigenvalue weighted by Gasteiger charge is 2.16. The van der Waals surface area contributed by atoms with Crippen LogP contribution in [0.3, 0.4) is 0 Å². The van der Waals surface area contributed by atoms with E-state index >= 15 is 0 Å². The Labute approximate surface area is 91.0 Å². The van der Waals surface area contributed by atoms with Crippen molar-refractivity contribution >= 4 is 23.3 Å². The Kier molecular flexibility index (Phi) is 4.23. The molecule has 0 saturated carbocycles. The molecule has 1 aromatic rings. The zero-order valence-electron chi connectivity index (χ0n) is 8.48. The van der Waals surface area contributed by atoms with Gasteiger partial charge in [-0.1, -0.05) is 0 Å². The second-order valence-electron chi connectivity index (χ2n) is 2.47. The normalized spacial score (nSPS) is 9.73. The van der Waals surface area contributed by atoms with Crippen molar-refractivity contribution in [2.24, 2.45) is 0 Å². The van der Waals surface area contributed by atoms with Crippen LogP contribution >= 0.6 is 11.3 Å². The Morgan fingerprint density at radius 3 is 2.47 bits per heavy atom. The molecule has 0 saturated heterocycles. The van der Waals surface area contributed by atoms with Gasteiger partial charge < -0.3 is 9.47 Å². The molecule has 0 N–H and O–H groups in total. The van der Waals surface area contributed by atoms with E-state index in [1.54, 1.807) is 13.8 Å². The lowest BCUT2D eigenvalue weighted by Crippen LogP contribution is -2.03. The molecular formula is C9H11NO4S. The Hall–Kier alpha value is -1.43. The maximum absolute atomic E-state index is 11.2. The summed E-state index contributed by atoms with van der Waals surface area (Å²) in [4.78, 5) is 26.5. The van der Waals surface area contributed by atoms with E-state index in [-0.39, 0.29) is 11.6 Å². The van der Waals surface area contributed by atoms with Crippen molar-refractivity contribution in [3.05, 3.63) is 16.1 Å². The van der Waals surface area contributed by atoms with E-state index in [2.05, 4.69) is 4.98 Å². The van der Waals surface area contributed by atoms with Gasteiger partial charge in [-0.25, -0.2) is 14.6 Å². The van der Waals surface area contributed by atoms with Gasteiger partial charge in [-0.3, -0.25) is 0 Å². The van der Waals surface area contributed by atoms with Crippen LogP contribution < -0.4 is 0 Å². The van der Waals surface area contributed by atoms with Crippen LogP contribution in [-0.4, -0.2) is 30.1 Å². The molecule has 6 heteroatoms. The van der Waals surface area contributed by atoms with E-state index in [1.165, 1.54) is 6.20 Å². The van der Waals surface area contributed by atoms with E-state index in [4.69, 9.17) is 9.47 Å². The molecule has 15 heavy (non-hydrogen) atoms. The standard InChI is InChI=1S/C9H11NO4S/c1-3-13-8(11)6-5-10-7(15-6)9(12)14-4-2/h5H,3-4H2,1-2H3. The highest BCUT2D eigenvalue weighted by Crippen LogP contribution is 2.14. The highest BCUT2D eigenvalue weighted by molar-refractivity contribution is 7.15. The molecule has 0 unspecified atom stereocenters. The number of ether oxygens (including phenoxy) is 2.